The molecule has 6 heteroatoms. The molecule has 18 heavy (non-hydrogen) atoms. The molecular formula is C12H20N4O2. The minimum absolute atomic E-state index is 0.184. The molecule has 100 valence electrons. The average Bonchev–Trinajstić information content (AvgIpc) is 2.62. The summed E-state index contributed by atoms with van der Waals surface area (Å²) in [6.45, 7) is 6.60. The number of hydrogen-bond donors (Lipinski definition) is 3. The Morgan fingerprint density at radius 3 is 2.28 bits per heavy atom. The van der Waals surface area contributed by atoms with Crippen LogP contribution in [-0.4, -0.2) is 45.5 Å². The van der Waals surface area contributed by atoms with Crippen LogP contribution in [0.5, 0.6) is 0 Å². The Hall–Kier alpha value is -1.40. The number of nitrogen functional groups attached to an aromatic ring is 1. The molecule has 0 aromatic carbocycles. The van der Waals surface area contributed by atoms with Gasteiger partial charge in [0.05, 0.1) is 12.2 Å². The molecule has 0 radical (unpaired) electrons. The monoisotopic (exact) mass is 252 g/mol. The van der Waals surface area contributed by atoms with Gasteiger partial charge >= 0.3 is 0 Å². The number of nitrogens with two attached hydrogens (primary N) is 1. The van der Waals surface area contributed by atoms with Gasteiger partial charge in [0.25, 0.3) is 0 Å². The van der Waals surface area contributed by atoms with E-state index in [2.05, 4.69) is 9.97 Å². The molecule has 0 bridgehead atoms. The van der Waals surface area contributed by atoms with Crippen molar-refractivity contribution in [1.82, 2.24) is 9.97 Å². The molecule has 2 unspecified atom stereocenters. The van der Waals surface area contributed by atoms with Crippen LogP contribution >= 0.6 is 0 Å². The molecule has 1 aromatic rings. The highest BCUT2D eigenvalue weighted by Gasteiger charge is 2.31. The van der Waals surface area contributed by atoms with E-state index in [4.69, 9.17) is 5.73 Å². The maximum Gasteiger partial charge on any atom is 0.137 e. The molecular weight excluding hydrogens is 232 g/mol. The van der Waals surface area contributed by atoms with Crippen molar-refractivity contribution in [2.45, 2.75) is 38.9 Å². The largest absolute Gasteiger partial charge is 0.389 e. The van der Waals surface area contributed by atoms with Gasteiger partial charge in [-0.15, -0.1) is 0 Å². The van der Waals surface area contributed by atoms with Gasteiger partial charge in [-0.25, -0.2) is 9.97 Å². The van der Waals surface area contributed by atoms with Crippen molar-refractivity contribution >= 4 is 11.6 Å². The van der Waals surface area contributed by atoms with Gasteiger partial charge in [0.2, 0.25) is 0 Å². The number of aliphatic hydroxyl groups is 2. The van der Waals surface area contributed by atoms with Gasteiger partial charge in [-0.05, 0) is 6.92 Å². The maximum atomic E-state index is 9.60. The summed E-state index contributed by atoms with van der Waals surface area (Å²) in [4.78, 5) is 10.6. The van der Waals surface area contributed by atoms with E-state index in [-0.39, 0.29) is 5.92 Å². The third-order valence-corrected chi connectivity index (χ3v) is 3.25. The van der Waals surface area contributed by atoms with Gasteiger partial charge in [-0.1, -0.05) is 13.8 Å². The lowest BCUT2D eigenvalue weighted by molar-refractivity contribution is 0.0572. The minimum Gasteiger partial charge on any atom is -0.389 e. The molecule has 0 amide bonds. The van der Waals surface area contributed by atoms with Crippen LogP contribution < -0.4 is 10.6 Å². The molecule has 0 spiro atoms. The smallest absolute Gasteiger partial charge is 0.137 e. The second-order valence-corrected chi connectivity index (χ2v) is 5.11. The molecule has 1 aliphatic rings. The normalized spacial score (nSPS) is 24.0. The zero-order valence-corrected chi connectivity index (χ0v) is 11.0. The predicted molar refractivity (Wildman–Crippen MR) is 69.5 cm³/mol. The molecule has 1 aromatic heterocycles. The highest BCUT2D eigenvalue weighted by atomic mass is 16.3. The van der Waals surface area contributed by atoms with E-state index in [1.165, 1.54) is 0 Å². The van der Waals surface area contributed by atoms with Gasteiger partial charge in [-0.3, -0.25) is 0 Å². The van der Waals surface area contributed by atoms with Crippen LogP contribution in [0.4, 0.5) is 11.6 Å². The van der Waals surface area contributed by atoms with Crippen LogP contribution in [0.3, 0.4) is 0 Å². The van der Waals surface area contributed by atoms with E-state index in [9.17, 15) is 10.2 Å². The molecule has 0 saturated carbocycles. The quantitative estimate of drug-likeness (QED) is 0.687. The summed E-state index contributed by atoms with van der Waals surface area (Å²) in [6.07, 6.45) is -1.47. The lowest BCUT2D eigenvalue weighted by Gasteiger charge is -2.21. The maximum absolute atomic E-state index is 9.60. The molecule has 0 aliphatic carbocycles. The van der Waals surface area contributed by atoms with E-state index < -0.39 is 12.2 Å². The summed E-state index contributed by atoms with van der Waals surface area (Å²) in [6, 6.07) is 0. The van der Waals surface area contributed by atoms with Crippen LogP contribution in [-0.2, 0) is 0 Å². The number of hydrogen-bond acceptors (Lipinski definition) is 6. The molecule has 6 nitrogen and oxygen atoms in total. The number of anilines is 2. The van der Waals surface area contributed by atoms with E-state index in [0.29, 0.717) is 30.5 Å². The number of β-amino-alcohol motifs (C(OH)–C–C–N with tert-alkyl or cyclic N) is 2. The molecule has 4 N–H and O–H groups in total. The van der Waals surface area contributed by atoms with E-state index in [1.807, 2.05) is 25.7 Å². The fraction of sp³-hybridized carbons (Fsp3) is 0.667. The fourth-order valence-electron chi connectivity index (χ4n) is 2.05. The third kappa shape index (κ3) is 2.26. The second kappa shape index (κ2) is 4.70. The Morgan fingerprint density at radius 1 is 1.22 bits per heavy atom. The van der Waals surface area contributed by atoms with Crippen molar-refractivity contribution in [3.8, 4) is 0 Å². The zero-order valence-electron chi connectivity index (χ0n) is 11.0. The van der Waals surface area contributed by atoms with Gasteiger partial charge in [-0.2, -0.15) is 0 Å². The molecule has 1 saturated heterocycles. The van der Waals surface area contributed by atoms with Gasteiger partial charge < -0.3 is 20.8 Å². The van der Waals surface area contributed by atoms with Crippen molar-refractivity contribution in [2.24, 2.45) is 0 Å². The van der Waals surface area contributed by atoms with Gasteiger partial charge in [0, 0.05) is 24.6 Å². The van der Waals surface area contributed by atoms with Crippen LogP contribution in [0.1, 0.15) is 31.2 Å². The van der Waals surface area contributed by atoms with E-state index in [1.54, 1.807) is 0 Å². The Balaban J connectivity index is 2.38. The van der Waals surface area contributed by atoms with Crippen molar-refractivity contribution < 1.29 is 10.2 Å². The third-order valence-electron chi connectivity index (χ3n) is 3.25. The number of rotatable bonds is 2. The molecule has 2 rings (SSSR count). The summed E-state index contributed by atoms with van der Waals surface area (Å²) < 4.78 is 0. The lowest BCUT2D eigenvalue weighted by Crippen LogP contribution is -2.24. The van der Waals surface area contributed by atoms with Crippen LogP contribution in [0, 0.1) is 6.92 Å². The molecule has 1 fully saturated rings. The fourth-order valence-corrected chi connectivity index (χ4v) is 2.05. The number of aromatic nitrogens is 2. The Kier molecular flexibility index (Phi) is 3.41. The van der Waals surface area contributed by atoms with Crippen molar-refractivity contribution in [3.05, 3.63) is 11.4 Å². The highest BCUT2D eigenvalue weighted by molar-refractivity contribution is 5.57. The summed E-state index contributed by atoms with van der Waals surface area (Å²) in [7, 11) is 0. The Morgan fingerprint density at radius 2 is 1.78 bits per heavy atom. The first kappa shape index (κ1) is 13.0. The first-order chi connectivity index (χ1) is 8.40. The average molecular weight is 252 g/mol. The van der Waals surface area contributed by atoms with Crippen LogP contribution in [0.25, 0.3) is 0 Å². The first-order valence-electron chi connectivity index (χ1n) is 6.15. The standard InChI is InChI=1S/C12H20N4O2/c1-6(2)11-14-10(13)7(3)12(15-11)16-4-8(17)9(18)5-16/h6,8-9,17-18H,4-5H2,1-3H3,(H2,13,14,15). The first-order valence-corrected chi connectivity index (χ1v) is 6.15. The van der Waals surface area contributed by atoms with Crippen LogP contribution in [0.15, 0.2) is 0 Å². The molecule has 2 atom stereocenters. The van der Waals surface area contributed by atoms with E-state index >= 15 is 0 Å². The summed E-state index contributed by atoms with van der Waals surface area (Å²) in [5.74, 6) is 2.04. The summed E-state index contributed by atoms with van der Waals surface area (Å²) in [5, 5.41) is 19.2. The Bertz CT molecular complexity index is 440. The highest BCUT2D eigenvalue weighted by Crippen LogP contribution is 2.27. The Labute approximate surface area is 106 Å². The van der Waals surface area contributed by atoms with Crippen LogP contribution in [0.2, 0.25) is 0 Å². The van der Waals surface area contributed by atoms with Crippen molar-refractivity contribution in [3.63, 3.8) is 0 Å². The molecule has 2 heterocycles. The molecule has 1 aliphatic heterocycles. The second-order valence-electron chi connectivity index (χ2n) is 5.11. The number of aliphatic hydroxyl groups excluding tert-OH is 2. The zero-order chi connectivity index (χ0) is 13.4. The lowest BCUT2D eigenvalue weighted by atomic mass is 10.2. The van der Waals surface area contributed by atoms with E-state index in [0.717, 1.165) is 5.56 Å². The topological polar surface area (TPSA) is 95.5 Å². The minimum atomic E-state index is -0.733. The summed E-state index contributed by atoms with van der Waals surface area (Å²) >= 11 is 0. The van der Waals surface area contributed by atoms with Gasteiger partial charge in [0.1, 0.15) is 17.5 Å². The predicted octanol–water partition coefficient (Wildman–Crippen LogP) is 0.0324. The van der Waals surface area contributed by atoms with Gasteiger partial charge in [0.15, 0.2) is 0 Å². The summed E-state index contributed by atoms with van der Waals surface area (Å²) in [5.41, 5.74) is 6.69. The number of nitrogens with zero attached hydrogens (tertiary/aromatic N) is 3. The van der Waals surface area contributed by atoms with Crippen molar-refractivity contribution in [1.29, 1.82) is 0 Å². The SMILES string of the molecule is Cc1c(N)nc(C(C)C)nc1N1CC(O)C(O)C1. The van der Waals surface area contributed by atoms with Crippen molar-refractivity contribution in [2.75, 3.05) is 23.7 Å².